The quantitative estimate of drug-likeness (QED) is 0.335. The zero-order chi connectivity index (χ0) is 14.0. The number of carbonyl (C=O) groups is 1. The maximum atomic E-state index is 11.1. The van der Waals surface area contributed by atoms with E-state index in [0.29, 0.717) is 6.42 Å². The summed E-state index contributed by atoms with van der Waals surface area (Å²) in [6, 6.07) is 0. The predicted octanol–water partition coefficient (Wildman–Crippen LogP) is 4.95. The lowest BCUT2D eigenvalue weighted by molar-refractivity contribution is -0.144. The lowest BCUT2D eigenvalue weighted by Crippen LogP contribution is -2.19. The van der Waals surface area contributed by atoms with Gasteiger partial charge in [0, 0.05) is 12.8 Å². The van der Waals surface area contributed by atoms with Crippen LogP contribution in [0.5, 0.6) is 0 Å². The fourth-order valence-corrected chi connectivity index (χ4v) is 2.31. The van der Waals surface area contributed by atoms with Crippen LogP contribution in [0.15, 0.2) is 24.3 Å². The van der Waals surface area contributed by atoms with Gasteiger partial charge in [-0.15, -0.1) is 0 Å². The molecule has 1 atom stereocenters. The van der Waals surface area contributed by atoms with E-state index in [-0.39, 0.29) is 11.6 Å². The molecular formula is C17H28O2. The van der Waals surface area contributed by atoms with Gasteiger partial charge in [-0.3, -0.25) is 4.79 Å². The fourth-order valence-electron chi connectivity index (χ4n) is 2.31. The first-order valence-electron chi connectivity index (χ1n) is 7.72. The summed E-state index contributed by atoms with van der Waals surface area (Å²) in [4.78, 5) is 11.1. The highest BCUT2D eigenvalue weighted by atomic mass is 16.6. The summed E-state index contributed by atoms with van der Waals surface area (Å²) >= 11 is 0. The molecular weight excluding hydrogens is 236 g/mol. The van der Waals surface area contributed by atoms with Gasteiger partial charge in [0.1, 0.15) is 5.60 Å². The van der Waals surface area contributed by atoms with Gasteiger partial charge in [-0.2, -0.15) is 0 Å². The minimum Gasteiger partial charge on any atom is -0.455 e. The van der Waals surface area contributed by atoms with Crippen molar-refractivity contribution in [3.8, 4) is 0 Å². The zero-order valence-corrected chi connectivity index (χ0v) is 12.5. The Balaban J connectivity index is 2.05. The van der Waals surface area contributed by atoms with E-state index >= 15 is 0 Å². The standard InChI is InChI=1S/C17H28O2/c1-3-4-5-6-7-8-9-10-11-12-14-17(2)15-13-16(18)19-17/h10-12,14H,3-9,13,15H2,1-2H3/b11-10+,14-12+/t17-/m1/s1. The van der Waals surface area contributed by atoms with E-state index in [0.717, 1.165) is 12.8 Å². The molecule has 0 aliphatic carbocycles. The molecule has 0 aromatic carbocycles. The maximum absolute atomic E-state index is 11.1. The Labute approximate surface area is 117 Å². The first-order valence-corrected chi connectivity index (χ1v) is 7.72. The average Bonchev–Trinajstić information content (AvgIpc) is 2.72. The van der Waals surface area contributed by atoms with Crippen LogP contribution in [0.25, 0.3) is 0 Å². The first kappa shape index (κ1) is 16.0. The molecule has 19 heavy (non-hydrogen) atoms. The molecule has 108 valence electrons. The summed E-state index contributed by atoms with van der Waals surface area (Å²) in [6.07, 6.45) is 18.8. The third-order valence-electron chi connectivity index (χ3n) is 3.59. The predicted molar refractivity (Wildman–Crippen MR) is 80.0 cm³/mol. The van der Waals surface area contributed by atoms with Crippen molar-refractivity contribution in [3.63, 3.8) is 0 Å². The minimum absolute atomic E-state index is 0.0804. The van der Waals surface area contributed by atoms with Crippen LogP contribution in [0.1, 0.15) is 71.6 Å². The van der Waals surface area contributed by atoms with E-state index in [1.54, 1.807) is 0 Å². The van der Waals surface area contributed by atoms with Crippen LogP contribution < -0.4 is 0 Å². The molecule has 0 aromatic heterocycles. The summed E-state index contributed by atoms with van der Waals surface area (Å²) in [7, 11) is 0. The molecule has 1 heterocycles. The SMILES string of the molecule is CCCCCCCC/C=C/C=C/[C@]1(C)CCC(=O)O1. The summed E-state index contributed by atoms with van der Waals surface area (Å²) in [5.41, 5.74) is -0.373. The summed E-state index contributed by atoms with van der Waals surface area (Å²) < 4.78 is 5.27. The second kappa shape index (κ2) is 8.95. The Kier molecular flexibility index (Phi) is 7.54. The molecule has 1 rings (SSSR count). The number of rotatable bonds is 9. The van der Waals surface area contributed by atoms with Crippen molar-refractivity contribution in [2.24, 2.45) is 0 Å². The summed E-state index contributed by atoms with van der Waals surface area (Å²) in [5, 5.41) is 0. The second-order valence-corrected chi connectivity index (χ2v) is 5.63. The minimum atomic E-state index is -0.373. The molecule has 1 saturated heterocycles. The zero-order valence-electron chi connectivity index (χ0n) is 12.5. The molecule has 2 heteroatoms. The maximum Gasteiger partial charge on any atom is 0.306 e. The molecule has 0 amide bonds. The van der Waals surface area contributed by atoms with E-state index < -0.39 is 0 Å². The molecule has 0 radical (unpaired) electrons. The molecule has 0 bridgehead atoms. The highest BCUT2D eigenvalue weighted by Crippen LogP contribution is 2.27. The van der Waals surface area contributed by atoms with Crippen LogP contribution in [0.4, 0.5) is 0 Å². The lowest BCUT2D eigenvalue weighted by Gasteiger charge is -2.16. The molecule has 1 aliphatic rings. The van der Waals surface area contributed by atoms with Crippen molar-refractivity contribution in [3.05, 3.63) is 24.3 Å². The Morgan fingerprint density at radius 2 is 1.89 bits per heavy atom. The van der Waals surface area contributed by atoms with Gasteiger partial charge in [0.25, 0.3) is 0 Å². The van der Waals surface area contributed by atoms with Crippen LogP contribution in [0.2, 0.25) is 0 Å². The highest BCUT2D eigenvalue weighted by Gasteiger charge is 2.32. The van der Waals surface area contributed by atoms with Crippen LogP contribution in [0.3, 0.4) is 0 Å². The monoisotopic (exact) mass is 264 g/mol. The second-order valence-electron chi connectivity index (χ2n) is 5.63. The number of ether oxygens (including phenoxy) is 1. The Hall–Kier alpha value is -1.05. The number of carbonyl (C=O) groups excluding carboxylic acids is 1. The lowest BCUT2D eigenvalue weighted by atomic mass is 10.0. The van der Waals surface area contributed by atoms with E-state index in [4.69, 9.17) is 4.74 Å². The van der Waals surface area contributed by atoms with E-state index in [1.165, 1.54) is 38.5 Å². The average molecular weight is 264 g/mol. The Morgan fingerprint density at radius 1 is 1.16 bits per heavy atom. The molecule has 1 aliphatic heterocycles. The number of allylic oxidation sites excluding steroid dienone is 3. The number of hydrogen-bond donors (Lipinski definition) is 0. The number of esters is 1. The smallest absolute Gasteiger partial charge is 0.306 e. The summed E-state index contributed by atoms with van der Waals surface area (Å²) in [5.74, 6) is -0.0804. The van der Waals surface area contributed by atoms with Gasteiger partial charge in [-0.1, -0.05) is 57.3 Å². The fraction of sp³-hybridized carbons (Fsp3) is 0.706. The van der Waals surface area contributed by atoms with Crippen molar-refractivity contribution >= 4 is 5.97 Å². The van der Waals surface area contributed by atoms with Crippen LogP contribution in [-0.4, -0.2) is 11.6 Å². The summed E-state index contributed by atoms with van der Waals surface area (Å²) in [6.45, 7) is 4.22. The molecule has 0 saturated carbocycles. The van der Waals surface area contributed by atoms with Gasteiger partial charge in [0.05, 0.1) is 0 Å². The topological polar surface area (TPSA) is 26.3 Å². The van der Waals surface area contributed by atoms with Gasteiger partial charge in [-0.25, -0.2) is 0 Å². The third kappa shape index (κ3) is 7.19. The van der Waals surface area contributed by atoms with Crippen LogP contribution in [0, 0.1) is 0 Å². The van der Waals surface area contributed by atoms with Crippen molar-refractivity contribution in [1.29, 1.82) is 0 Å². The third-order valence-corrected chi connectivity index (χ3v) is 3.59. The van der Waals surface area contributed by atoms with Gasteiger partial charge in [0.2, 0.25) is 0 Å². The number of unbranched alkanes of at least 4 members (excludes halogenated alkanes) is 6. The molecule has 0 unspecified atom stereocenters. The van der Waals surface area contributed by atoms with Crippen molar-refractivity contribution in [1.82, 2.24) is 0 Å². The normalized spacial score (nSPS) is 23.6. The van der Waals surface area contributed by atoms with Crippen molar-refractivity contribution in [2.45, 2.75) is 77.2 Å². The van der Waals surface area contributed by atoms with Crippen LogP contribution in [-0.2, 0) is 9.53 Å². The molecule has 0 aromatic rings. The number of hydrogen-bond acceptors (Lipinski definition) is 2. The van der Waals surface area contributed by atoms with Crippen molar-refractivity contribution < 1.29 is 9.53 Å². The Morgan fingerprint density at radius 3 is 2.58 bits per heavy atom. The largest absolute Gasteiger partial charge is 0.455 e. The molecule has 0 N–H and O–H groups in total. The van der Waals surface area contributed by atoms with E-state index in [9.17, 15) is 4.79 Å². The molecule has 0 spiro atoms. The molecule has 1 fully saturated rings. The van der Waals surface area contributed by atoms with Gasteiger partial charge in [0.15, 0.2) is 0 Å². The molecule has 2 nitrogen and oxygen atoms in total. The van der Waals surface area contributed by atoms with Gasteiger partial charge in [-0.05, 0) is 25.8 Å². The van der Waals surface area contributed by atoms with E-state index in [1.807, 2.05) is 19.1 Å². The van der Waals surface area contributed by atoms with Gasteiger partial charge >= 0.3 is 5.97 Å². The Bertz CT molecular complexity index is 317. The van der Waals surface area contributed by atoms with E-state index in [2.05, 4.69) is 19.1 Å². The number of cyclic esters (lactones) is 1. The van der Waals surface area contributed by atoms with Gasteiger partial charge < -0.3 is 4.74 Å². The van der Waals surface area contributed by atoms with Crippen LogP contribution >= 0.6 is 0 Å². The van der Waals surface area contributed by atoms with Crippen molar-refractivity contribution in [2.75, 3.05) is 0 Å². The highest BCUT2D eigenvalue weighted by molar-refractivity contribution is 5.72. The first-order chi connectivity index (χ1) is 9.16.